The number of benzene rings is 1. The molecule has 0 saturated heterocycles. The highest BCUT2D eigenvalue weighted by molar-refractivity contribution is 5.72. The minimum absolute atomic E-state index is 0.216. The average Bonchev–Trinajstić information content (AvgIpc) is 2.58. The van der Waals surface area contributed by atoms with Gasteiger partial charge in [0, 0.05) is 0 Å². The normalized spacial score (nSPS) is 10.7. The molecule has 10 nitrogen and oxygen atoms in total. The van der Waals surface area contributed by atoms with Crippen LogP contribution in [0.1, 0.15) is 18.2 Å². The van der Waals surface area contributed by atoms with Crippen molar-refractivity contribution in [2.75, 3.05) is 13.2 Å². The summed E-state index contributed by atoms with van der Waals surface area (Å²) in [4.78, 5) is 48.1. The van der Waals surface area contributed by atoms with E-state index in [-0.39, 0.29) is 18.9 Å². The van der Waals surface area contributed by atoms with E-state index in [1.54, 1.807) is 36.2 Å². The van der Waals surface area contributed by atoms with Gasteiger partial charge in [-0.1, -0.05) is 18.2 Å². The van der Waals surface area contributed by atoms with Crippen molar-refractivity contribution in [3.05, 3.63) is 66.5 Å². The van der Waals surface area contributed by atoms with Crippen LogP contribution in [0.2, 0.25) is 0 Å². The molecule has 0 amide bonds. The first-order chi connectivity index (χ1) is 12.4. The van der Waals surface area contributed by atoms with Crippen molar-refractivity contribution in [1.29, 1.82) is 0 Å². The van der Waals surface area contributed by atoms with E-state index in [4.69, 9.17) is 9.47 Å². The molecule has 136 valence electrons. The number of nitrogens with zero attached hydrogens (tertiary/aromatic N) is 1. The van der Waals surface area contributed by atoms with Gasteiger partial charge in [0.25, 0.3) is 0 Å². The lowest BCUT2D eigenvalue weighted by atomic mass is 10.2. The monoisotopic (exact) mass is 361 g/mol. The number of esters is 1. The lowest BCUT2D eigenvalue weighted by Crippen LogP contribution is -2.25. The number of nitro groups is 1. The van der Waals surface area contributed by atoms with Crippen LogP contribution in [0.5, 0.6) is 5.75 Å². The minimum atomic E-state index is -1.08. The first-order valence-electron chi connectivity index (χ1n) is 7.48. The van der Waals surface area contributed by atoms with E-state index >= 15 is 0 Å². The summed E-state index contributed by atoms with van der Waals surface area (Å²) in [6.45, 7) is 1.74. The van der Waals surface area contributed by atoms with Gasteiger partial charge in [-0.25, -0.2) is 9.59 Å². The Morgan fingerprint density at radius 1 is 1.19 bits per heavy atom. The Labute approximate surface area is 146 Å². The molecule has 0 atom stereocenters. The van der Waals surface area contributed by atoms with Gasteiger partial charge in [-0.15, -0.1) is 0 Å². The molecule has 0 unspecified atom stereocenters. The lowest BCUT2D eigenvalue weighted by Gasteiger charge is -2.05. The number of hydrogen-bond donors (Lipinski definition) is 2. The molecule has 0 radical (unpaired) electrons. The number of hydrogen-bond acceptors (Lipinski definition) is 7. The van der Waals surface area contributed by atoms with Crippen molar-refractivity contribution in [2.24, 2.45) is 0 Å². The Balaban J connectivity index is 2.14. The molecule has 0 spiro atoms. The number of carbonyl (C=O) groups is 1. The standard InChI is InChI=1S/C16H15N3O7/c1-2-25-13(20)9-26-11-6-3-10(4-7-11)5-8-12-14(19(23)24)15(21)18-16(22)17-12/h3-8H,2,9H2,1H3,(H2,17,18,21,22)/b8-5+. The van der Waals surface area contributed by atoms with Crippen molar-refractivity contribution in [3.63, 3.8) is 0 Å². The van der Waals surface area contributed by atoms with Gasteiger partial charge in [-0.2, -0.15) is 0 Å². The zero-order valence-electron chi connectivity index (χ0n) is 13.7. The fourth-order valence-electron chi connectivity index (χ4n) is 2.00. The lowest BCUT2D eigenvalue weighted by molar-refractivity contribution is -0.386. The maximum Gasteiger partial charge on any atom is 0.357 e. The van der Waals surface area contributed by atoms with Gasteiger partial charge in [-0.3, -0.25) is 19.9 Å². The molecule has 10 heteroatoms. The Bertz CT molecular complexity index is 942. The van der Waals surface area contributed by atoms with Crippen molar-refractivity contribution in [1.82, 2.24) is 9.97 Å². The van der Waals surface area contributed by atoms with E-state index < -0.39 is 27.8 Å². The zero-order valence-corrected chi connectivity index (χ0v) is 13.7. The predicted molar refractivity (Wildman–Crippen MR) is 91.8 cm³/mol. The quantitative estimate of drug-likeness (QED) is 0.426. The number of nitrogens with one attached hydrogen (secondary N) is 2. The molecule has 0 aliphatic heterocycles. The zero-order chi connectivity index (χ0) is 19.1. The van der Waals surface area contributed by atoms with Crippen LogP contribution in [0.4, 0.5) is 5.69 Å². The predicted octanol–water partition coefficient (Wildman–Crippen LogP) is 1.08. The molecule has 0 saturated carbocycles. The van der Waals surface area contributed by atoms with Crippen LogP contribution in [0.25, 0.3) is 12.2 Å². The first kappa shape index (κ1) is 18.6. The summed E-state index contributed by atoms with van der Waals surface area (Å²) >= 11 is 0. The molecule has 26 heavy (non-hydrogen) atoms. The van der Waals surface area contributed by atoms with Crippen LogP contribution in [-0.2, 0) is 9.53 Å². The summed E-state index contributed by atoms with van der Waals surface area (Å²) in [6, 6.07) is 6.45. The van der Waals surface area contributed by atoms with Crippen molar-refractivity contribution in [2.45, 2.75) is 6.92 Å². The third-order valence-electron chi connectivity index (χ3n) is 3.11. The average molecular weight is 361 g/mol. The fourth-order valence-corrected chi connectivity index (χ4v) is 2.00. The van der Waals surface area contributed by atoms with E-state index in [1.807, 2.05) is 0 Å². The van der Waals surface area contributed by atoms with Gasteiger partial charge < -0.3 is 14.5 Å². The number of ether oxygens (including phenoxy) is 2. The van der Waals surface area contributed by atoms with Crippen LogP contribution in [0.3, 0.4) is 0 Å². The molecule has 1 aromatic heterocycles. The molecular weight excluding hydrogens is 346 g/mol. The summed E-state index contributed by atoms with van der Waals surface area (Å²) in [5.41, 5.74) is -2.27. The highest BCUT2D eigenvalue weighted by Crippen LogP contribution is 2.16. The molecule has 0 fully saturated rings. The van der Waals surface area contributed by atoms with Gasteiger partial charge in [0.05, 0.1) is 11.5 Å². The number of H-pyrrole nitrogens is 2. The van der Waals surface area contributed by atoms with E-state index in [1.165, 1.54) is 12.2 Å². The van der Waals surface area contributed by atoms with Crippen LogP contribution >= 0.6 is 0 Å². The molecule has 0 bridgehead atoms. The van der Waals surface area contributed by atoms with Gasteiger partial charge in [0.15, 0.2) is 6.61 Å². The summed E-state index contributed by atoms with van der Waals surface area (Å²) in [5.74, 6) is -0.0484. The third kappa shape index (κ3) is 4.90. The second-order valence-electron chi connectivity index (χ2n) is 4.92. The van der Waals surface area contributed by atoms with Crippen LogP contribution < -0.4 is 16.0 Å². The van der Waals surface area contributed by atoms with Crippen molar-refractivity contribution < 1.29 is 19.2 Å². The second-order valence-corrected chi connectivity index (χ2v) is 4.92. The summed E-state index contributed by atoms with van der Waals surface area (Å²) in [6.07, 6.45) is 2.73. The maximum absolute atomic E-state index is 11.5. The fraction of sp³-hybridized carbons (Fsp3) is 0.188. The molecule has 1 aromatic carbocycles. The molecule has 1 heterocycles. The van der Waals surface area contributed by atoms with Gasteiger partial charge in [0.1, 0.15) is 11.4 Å². The number of aromatic amines is 2. The molecule has 0 aliphatic rings. The molecular formula is C16H15N3O7. The summed E-state index contributed by atoms with van der Waals surface area (Å²) < 4.78 is 9.98. The molecule has 0 aliphatic carbocycles. The van der Waals surface area contributed by atoms with E-state index in [0.717, 1.165) is 0 Å². The van der Waals surface area contributed by atoms with Gasteiger partial charge in [0.2, 0.25) is 0 Å². The SMILES string of the molecule is CCOC(=O)COc1ccc(/C=C/c2[nH]c(=O)[nH]c(=O)c2[N+](=O)[O-])cc1. The highest BCUT2D eigenvalue weighted by atomic mass is 16.6. The van der Waals surface area contributed by atoms with Crippen LogP contribution in [-0.4, -0.2) is 34.1 Å². The van der Waals surface area contributed by atoms with Crippen LogP contribution in [0, 0.1) is 10.1 Å². The Hall–Kier alpha value is -3.69. The third-order valence-corrected chi connectivity index (χ3v) is 3.11. The smallest absolute Gasteiger partial charge is 0.357 e. The number of aromatic nitrogens is 2. The summed E-state index contributed by atoms with van der Waals surface area (Å²) in [7, 11) is 0. The van der Waals surface area contributed by atoms with E-state index in [0.29, 0.717) is 11.3 Å². The van der Waals surface area contributed by atoms with Gasteiger partial charge >= 0.3 is 22.9 Å². The minimum Gasteiger partial charge on any atom is -0.482 e. The summed E-state index contributed by atoms with van der Waals surface area (Å²) in [5, 5.41) is 11.0. The first-order valence-corrected chi connectivity index (χ1v) is 7.48. The Kier molecular flexibility index (Phi) is 6.04. The molecule has 2 rings (SSSR count). The topological polar surface area (TPSA) is 144 Å². The largest absolute Gasteiger partial charge is 0.482 e. The molecule has 2 aromatic rings. The van der Waals surface area contributed by atoms with Crippen molar-refractivity contribution in [3.8, 4) is 5.75 Å². The molecule has 2 N–H and O–H groups in total. The highest BCUT2D eigenvalue weighted by Gasteiger charge is 2.18. The Morgan fingerprint density at radius 2 is 1.88 bits per heavy atom. The van der Waals surface area contributed by atoms with Crippen LogP contribution in [0.15, 0.2) is 33.9 Å². The Morgan fingerprint density at radius 3 is 2.50 bits per heavy atom. The number of rotatable bonds is 7. The van der Waals surface area contributed by atoms with Crippen molar-refractivity contribution >= 4 is 23.8 Å². The maximum atomic E-state index is 11.5. The van der Waals surface area contributed by atoms with E-state index in [9.17, 15) is 24.5 Å². The number of carbonyl (C=O) groups excluding carboxylic acids is 1. The van der Waals surface area contributed by atoms with E-state index in [2.05, 4.69) is 4.98 Å². The van der Waals surface area contributed by atoms with Gasteiger partial charge in [-0.05, 0) is 30.7 Å². The second kappa shape index (κ2) is 8.42.